The van der Waals surface area contributed by atoms with Gasteiger partial charge in [-0.05, 0) is 35.0 Å². The van der Waals surface area contributed by atoms with Crippen LogP contribution in [0.2, 0.25) is 0 Å². The Bertz CT molecular complexity index is 608. The van der Waals surface area contributed by atoms with Crippen molar-refractivity contribution in [2.24, 2.45) is 0 Å². The molecule has 0 aliphatic carbocycles. The van der Waals surface area contributed by atoms with Gasteiger partial charge in [0.05, 0.1) is 12.3 Å². The van der Waals surface area contributed by atoms with Gasteiger partial charge < -0.3 is 5.11 Å². The van der Waals surface area contributed by atoms with Gasteiger partial charge in [-0.15, -0.1) is 0 Å². The van der Waals surface area contributed by atoms with Crippen LogP contribution in [0, 0.1) is 6.92 Å². The van der Waals surface area contributed by atoms with E-state index in [2.05, 4.69) is 21.0 Å². The molecule has 2 rings (SSSR count). The molecule has 4 nitrogen and oxygen atoms in total. The molecule has 0 bridgehead atoms. The zero-order valence-corrected chi connectivity index (χ0v) is 10.8. The summed E-state index contributed by atoms with van der Waals surface area (Å²) in [4.78, 5) is 11.5. The van der Waals surface area contributed by atoms with Crippen LogP contribution in [0.3, 0.4) is 0 Å². The van der Waals surface area contributed by atoms with Gasteiger partial charge in [-0.1, -0.05) is 12.1 Å². The highest BCUT2D eigenvalue weighted by Gasteiger charge is 2.08. The van der Waals surface area contributed by atoms with Gasteiger partial charge in [0, 0.05) is 16.2 Å². The Morgan fingerprint density at radius 2 is 2.12 bits per heavy atom. The predicted molar refractivity (Wildman–Crippen MR) is 68.2 cm³/mol. The summed E-state index contributed by atoms with van der Waals surface area (Å²) in [5, 5.41) is 13.2. The summed E-state index contributed by atoms with van der Waals surface area (Å²) in [7, 11) is 0. The molecule has 1 aromatic heterocycles. The van der Waals surface area contributed by atoms with Crippen LogP contribution < -0.4 is 5.43 Å². The Labute approximate surface area is 107 Å². The van der Waals surface area contributed by atoms with Crippen LogP contribution in [0.1, 0.15) is 11.4 Å². The Morgan fingerprint density at radius 1 is 1.41 bits per heavy atom. The first-order chi connectivity index (χ1) is 8.13. The van der Waals surface area contributed by atoms with Crippen LogP contribution in [-0.4, -0.2) is 14.9 Å². The van der Waals surface area contributed by atoms with Crippen LogP contribution in [0.4, 0.5) is 0 Å². The summed E-state index contributed by atoms with van der Waals surface area (Å²) in [6, 6.07) is 9.04. The Balaban J connectivity index is 2.68. The van der Waals surface area contributed by atoms with Crippen molar-refractivity contribution in [3.05, 3.63) is 56.4 Å². The number of benzene rings is 1. The number of halogens is 1. The monoisotopic (exact) mass is 294 g/mol. The van der Waals surface area contributed by atoms with Gasteiger partial charge >= 0.3 is 0 Å². The molecule has 0 aliphatic rings. The van der Waals surface area contributed by atoms with E-state index in [1.54, 1.807) is 11.6 Å². The molecular weight excluding hydrogens is 284 g/mol. The second kappa shape index (κ2) is 4.81. The Hall–Kier alpha value is -1.46. The van der Waals surface area contributed by atoms with E-state index in [0.717, 1.165) is 15.9 Å². The second-order valence-electron chi connectivity index (χ2n) is 3.62. The molecule has 1 heterocycles. The lowest BCUT2D eigenvalue weighted by molar-refractivity contribution is 0.273. The average Bonchev–Trinajstić information content (AvgIpc) is 2.31. The zero-order valence-electron chi connectivity index (χ0n) is 9.22. The maximum Gasteiger partial charge on any atom is 0.206 e. The largest absolute Gasteiger partial charge is 0.390 e. The van der Waals surface area contributed by atoms with Gasteiger partial charge in [-0.25, -0.2) is 4.68 Å². The molecule has 5 heteroatoms. The third-order valence-electron chi connectivity index (χ3n) is 2.41. The lowest BCUT2D eigenvalue weighted by Gasteiger charge is -2.11. The van der Waals surface area contributed by atoms with Crippen LogP contribution in [0.15, 0.2) is 39.6 Å². The van der Waals surface area contributed by atoms with E-state index in [4.69, 9.17) is 5.11 Å². The molecule has 0 unspecified atom stereocenters. The maximum atomic E-state index is 11.5. The molecule has 0 radical (unpaired) electrons. The molecule has 1 N–H and O–H groups in total. The minimum Gasteiger partial charge on any atom is -0.390 e. The summed E-state index contributed by atoms with van der Waals surface area (Å²) in [6.07, 6.45) is 0. The fraction of sp³-hybridized carbons (Fsp3) is 0.167. The topological polar surface area (TPSA) is 55.1 Å². The number of aromatic nitrogens is 2. The first-order valence-corrected chi connectivity index (χ1v) is 5.88. The van der Waals surface area contributed by atoms with Crippen LogP contribution in [0.25, 0.3) is 5.69 Å². The highest BCUT2D eigenvalue weighted by molar-refractivity contribution is 9.10. The minimum atomic E-state index is -0.358. The summed E-state index contributed by atoms with van der Waals surface area (Å²) in [5.74, 6) is 0. The first-order valence-electron chi connectivity index (χ1n) is 5.09. The smallest absolute Gasteiger partial charge is 0.206 e. The van der Waals surface area contributed by atoms with Crippen molar-refractivity contribution < 1.29 is 5.11 Å². The van der Waals surface area contributed by atoms with Crippen LogP contribution in [-0.2, 0) is 6.61 Å². The third-order valence-corrected chi connectivity index (χ3v) is 3.08. The lowest BCUT2D eigenvalue weighted by atomic mass is 10.3. The van der Waals surface area contributed by atoms with Gasteiger partial charge in [-0.2, -0.15) is 5.10 Å². The first kappa shape index (κ1) is 12.0. The van der Waals surface area contributed by atoms with E-state index in [0.29, 0.717) is 0 Å². The predicted octanol–water partition coefficient (Wildman–Crippen LogP) is 1.80. The van der Waals surface area contributed by atoms with Gasteiger partial charge in [0.25, 0.3) is 0 Å². The number of aliphatic hydroxyl groups excluding tert-OH is 1. The Kier molecular flexibility index (Phi) is 3.40. The summed E-state index contributed by atoms with van der Waals surface area (Å²) < 4.78 is 2.51. The fourth-order valence-electron chi connectivity index (χ4n) is 1.56. The quantitative estimate of drug-likeness (QED) is 0.919. The molecule has 1 aromatic carbocycles. The summed E-state index contributed by atoms with van der Waals surface area (Å²) in [5.41, 5.74) is 1.46. The lowest BCUT2D eigenvalue weighted by Crippen LogP contribution is -2.18. The standard InChI is InChI=1S/C12H11BrN2O2/c1-8-6-12(17)10(7-16)14-15(8)11-5-3-2-4-9(11)13/h2-6,16H,7H2,1H3. The molecule has 0 saturated carbocycles. The van der Waals surface area contributed by atoms with E-state index in [-0.39, 0.29) is 17.7 Å². The second-order valence-corrected chi connectivity index (χ2v) is 4.47. The molecule has 0 saturated heterocycles. The molecule has 2 aromatic rings. The number of para-hydroxylation sites is 1. The van der Waals surface area contributed by atoms with Crippen molar-refractivity contribution in [1.82, 2.24) is 9.78 Å². The molecule has 88 valence electrons. The molecule has 0 fully saturated rings. The molecule has 0 atom stereocenters. The number of aryl methyl sites for hydroxylation is 1. The van der Waals surface area contributed by atoms with Crippen molar-refractivity contribution in [2.75, 3.05) is 0 Å². The number of rotatable bonds is 2. The number of aliphatic hydroxyl groups is 1. The van der Waals surface area contributed by atoms with Crippen molar-refractivity contribution in [3.63, 3.8) is 0 Å². The van der Waals surface area contributed by atoms with Gasteiger partial charge in [0.1, 0.15) is 5.69 Å². The Morgan fingerprint density at radius 3 is 2.76 bits per heavy atom. The number of hydrogen-bond acceptors (Lipinski definition) is 3. The maximum absolute atomic E-state index is 11.5. The molecule has 0 aliphatic heterocycles. The van der Waals surface area contributed by atoms with E-state index in [1.165, 1.54) is 6.07 Å². The van der Waals surface area contributed by atoms with E-state index in [1.807, 2.05) is 24.3 Å². The summed E-state index contributed by atoms with van der Waals surface area (Å²) in [6.45, 7) is 1.44. The third kappa shape index (κ3) is 2.30. The van der Waals surface area contributed by atoms with Gasteiger partial charge in [0.15, 0.2) is 0 Å². The van der Waals surface area contributed by atoms with E-state index in [9.17, 15) is 4.79 Å². The van der Waals surface area contributed by atoms with Gasteiger partial charge in [0.2, 0.25) is 5.43 Å². The van der Waals surface area contributed by atoms with Crippen molar-refractivity contribution in [3.8, 4) is 5.69 Å². The molecule has 0 spiro atoms. The minimum absolute atomic E-state index is 0.145. The van der Waals surface area contributed by atoms with Crippen LogP contribution >= 0.6 is 15.9 Å². The average molecular weight is 295 g/mol. The number of nitrogens with zero attached hydrogens (tertiary/aromatic N) is 2. The van der Waals surface area contributed by atoms with Crippen molar-refractivity contribution in [2.45, 2.75) is 13.5 Å². The van der Waals surface area contributed by atoms with Crippen molar-refractivity contribution in [1.29, 1.82) is 0 Å². The normalized spacial score (nSPS) is 10.5. The van der Waals surface area contributed by atoms with E-state index < -0.39 is 0 Å². The highest BCUT2D eigenvalue weighted by Crippen LogP contribution is 2.20. The number of hydrogen-bond donors (Lipinski definition) is 1. The SMILES string of the molecule is Cc1cc(=O)c(CO)nn1-c1ccccc1Br. The zero-order chi connectivity index (χ0) is 12.4. The molecular formula is C12H11BrN2O2. The highest BCUT2D eigenvalue weighted by atomic mass is 79.9. The van der Waals surface area contributed by atoms with Crippen LogP contribution in [0.5, 0.6) is 0 Å². The molecule has 0 amide bonds. The van der Waals surface area contributed by atoms with Crippen molar-refractivity contribution >= 4 is 15.9 Å². The fourth-order valence-corrected chi connectivity index (χ4v) is 2.01. The molecule has 17 heavy (non-hydrogen) atoms. The van der Waals surface area contributed by atoms with E-state index >= 15 is 0 Å². The summed E-state index contributed by atoms with van der Waals surface area (Å²) >= 11 is 3.43. The van der Waals surface area contributed by atoms with Gasteiger partial charge in [-0.3, -0.25) is 4.79 Å².